The van der Waals surface area contributed by atoms with Crippen molar-refractivity contribution in [2.24, 2.45) is 11.7 Å². The molecule has 178 valence electrons. The van der Waals surface area contributed by atoms with E-state index >= 15 is 0 Å². The standard InChI is InChI=1S/C21H32N4O6S/c1-12(2)8-15(23-18(27)14(22)9-13-6-4-3-5-7-13)19(28)25-17(11-32)20(29)24-16(10-26)21(30)31/h3-7,12,14-17,26,32H,8-11,22H2,1-2H3,(H,23,27)(H,24,29)(H,25,28)(H,30,31). The van der Waals surface area contributed by atoms with E-state index in [1.807, 2.05) is 44.2 Å². The molecule has 0 aliphatic rings. The Morgan fingerprint density at radius 2 is 1.47 bits per heavy atom. The minimum absolute atomic E-state index is 0.0467. The summed E-state index contributed by atoms with van der Waals surface area (Å²) < 4.78 is 0. The normalized spacial score (nSPS) is 14.7. The number of amides is 3. The fourth-order valence-electron chi connectivity index (χ4n) is 2.87. The molecule has 32 heavy (non-hydrogen) atoms. The van der Waals surface area contributed by atoms with Crippen LogP contribution in [0.25, 0.3) is 0 Å². The molecular weight excluding hydrogens is 436 g/mol. The molecule has 1 rings (SSSR count). The molecule has 0 saturated heterocycles. The zero-order valence-electron chi connectivity index (χ0n) is 18.2. The number of hydrogen-bond acceptors (Lipinski definition) is 7. The topological polar surface area (TPSA) is 171 Å². The summed E-state index contributed by atoms with van der Waals surface area (Å²) in [5.41, 5.74) is 6.88. The van der Waals surface area contributed by atoms with E-state index in [0.717, 1.165) is 5.56 Å². The van der Waals surface area contributed by atoms with E-state index in [1.54, 1.807) is 0 Å². The predicted octanol–water partition coefficient (Wildman–Crippen LogP) is -0.936. The quantitative estimate of drug-likeness (QED) is 0.183. The highest BCUT2D eigenvalue weighted by atomic mass is 32.1. The van der Waals surface area contributed by atoms with Crippen molar-refractivity contribution in [2.75, 3.05) is 12.4 Å². The first-order valence-corrected chi connectivity index (χ1v) is 10.9. The molecule has 0 aliphatic heterocycles. The van der Waals surface area contributed by atoms with E-state index < -0.39 is 54.5 Å². The molecule has 4 unspecified atom stereocenters. The van der Waals surface area contributed by atoms with Crippen LogP contribution in [0.4, 0.5) is 0 Å². The van der Waals surface area contributed by atoms with E-state index in [2.05, 4.69) is 28.6 Å². The lowest BCUT2D eigenvalue weighted by Crippen LogP contribution is -2.58. The van der Waals surface area contributed by atoms with Gasteiger partial charge in [-0.2, -0.15) is 12.6 Å². The molecule has 0 aliphatic carbocycles. The number of thiol groups is 1. The maximum absolute atomic E-state index is 12.8. The Kier molecular flexibility index (Phi) is 11.7. The van der Waals surface area contributed by atoms with Gasteiger partial charge in [0, 0.05) is 5.75 Å². The third-order valence-electron chi connectivity index (χ3n) is 4.59. The summed E-state index contributed by atoms with van der Waals surface area (Å²) in [6.07, 6.45) is 0.590. The number of benzene rings is 1. The summed E-state index contributed by atoms with van der Waals surface area (Å²) >= 11 is 4.04. The number of nitrogens with two attached hydrogens (primary N) is 1. The van der Waals surface area contributed by atoms with Gasteiger partial charge in [0.15, 0.2) is 0 Å². The molecule has 0 radical (unpaired) electrons. The average molecular weight is 469 g/mol. The second-order valence-corrected chi connectivity index (χ2v) is 8.18. The first kappa shape index (κ1) is 27.4. The van der Waals surface area contributed by atoms with Crippen LogP contribution in [0.15, 0.2) is 30.3 Å². The lowest BCUT2D eigenvalue weighted by molar-refractivity contribution is -0.143. The summed E-state index contributed by atoms with van der Waals surface area (Å²) in [4.78, 5) is 48.7. The number of carboxylic acid groups (broad SMARTS) is 1. The molecule has 3 amide bonds. The molecular formula is C21H32N4O6S. The van der Waals surface area contributed by atoms with Crippen LogP contribution in [0.3, 0.4) is 0 Å². The number of rotatable bonds is 13. The van der Waals surface area contributed by atoms with Crippen LogP contribution >= 0.6 is 12.6 Å². The van der Waals surface area contributed by atoms with Crippen molar-refractivity contribution in [3.05, 3.63) is 35.9 Å². The number of carbonyl (C=O) groups is 4. The third kappa shape index (κ3) is 9.25. The van der Waals surface area contributed by atoms with Gasteiger partial charge in [0.05, 0.1) is 12.6 Å². The molecule has 10 nitrogen and oxygen atoms in total. The number of aliphatic hydroxyl groups is 1. The zero-order valence-corrected chi connectivity index (χ0v) is 19.0. The molecule has 0 bridgehead atoms. The van der Waals surface area contributed by atoms with Gasteiger partial charge in [-0.3, -0.25) is 14.4 Å². The van der Waals surface area contributed by atoms with Crippen molar-refractivity contribution >= 4 is 36.3 Å². The van der Waals surface area contributed by atoms with Crippen LogP contribution in [0, 0.1) is 5.92 Å². The van der Waals surface area contributed by atoms with Crippen molar-refractivity contribution < 1.29 is 29.4 Å². The Morgan fingerprint density at radius 3 is 1.97 bits per heavy atom. The molecule has 7 N–H and O–H groups in total. The van der Waals surface area contributed by atoms with Gasteiger partial charge in [-0.15, -0.1) is 0 Å². The van der Waals surface area contributed by atoms with Crippen molar-refractivity contribution in [2.45, 2.75) is 50.9 Å². The minimum atomic E-state index is -1.51. The van der Waals surface area contributed by atoms with Crippen LogP contribution in [-0.4, -0.2) is 70.4 Å². The number of aliphatic carboxylic acids is 1. The fourth-order valence-corrected chi connectivity index (χ4v) is 3.12. The van der Waals surface area contributed by atoms with Crippen LogP contribution in [-0.2, 0) is 25.6 Å². The van der Waals surface area contributed by atoms with Crippen molar-refractivity contribution in [3.63, 3.8) is 0 Å². The van der Waals surface area contributed by atoms with Gasteiger partial charge in [-0.25, -0.2) is 4.79 Å². The van der Waals surface area contributed by atoms with Gasteiger partial charge >= 0.3 is 5.97 Å². The van der Waals surface area contributed by atoms with E-state index in [4.69, 9.17) is 15.9 Å². The lowest BCUT2D eigenvalue weighted by Gasteiger charge is -2.25. The van der Waals surface area contributed by atoms with Crippen LogP contribution in [0.2, 0.25) is 0 Å². The molecule has 0 spiro atoms. The van der Waals surface area contributed by atoms with Gasteiger partial charge in [-0.1, -0.05) is 44.2 Å². The maximum Gasteiger partial charge on any atom is 0.328 e. The van der Waals surface area contributed by atoms with Crippen molar-refractivity contribution in [1.82, 2.24) is 16.0 Å². The Bertz CT molecular complexity index is 777. The Hall–Kier alpha value is -2.63. The molecule has 0 saturated carbocycles. The molecule has 0 aromatic heterocycles. The monoisotopic (exact) mass is 468 g/mol. The SMILES string of the molecule is CC(C)CC(NC(=O)C(N)Cc1ccccc1)C(=O)NC(CS)C(=O)NC(CO)C(=O)O. The summed E-state index contributed by atoms with van der Waals surface area (Å²) in [7, 11) is 0. The maximum atomic E-state index is 12.8. The van der Waals surface area contributed by atoms with Crippen LogP contribution in [0.5, 0.6) is 0 Å². The summed E-state index contributed by atoms with van der Waals surface area (Å²) in [5, 5.41) is 25.3. The number of carboxylic acids is 1. The highest BCUT2D eigenvalue weighted by molar-refractivity contribution is 7.80. The van der Waals surface area contributed by atoms with Crippen molar-refractivity contribution in [1.29, 1.82) is 0 Å². The molecule has 0 fully saturated rings. The molecule has 1 aromatic carbocycles. The minimum Gasteiger partial charge on any atom is -0.480 e. The first-order chi connectivity index (χ1) is 15.1. The average Bonchev–Trinajstić information content (AvgIpc) is 2.74. The molecule has 1 aromatic rings. The Labute approximate surface area is 192 Å². The van der Waals surface area contributed by atoms with Crippen LogP contribution in [0.1, 0.15) is 25.8 Å². The van der Waals surface area contributed by atoms with Gasteiger partial charge < -0.3 is 31.9 Å². The highest BCUT2D eigenvalue weighted by Gasteiger charge is 2.30. The molecule has 0 heterocycles. The van der Waals surface area contributed by atoms with E-state index in [-0.39, 0.29) is 11.7 Å². The van der Waals surface area contributed by atoms with E-state index in [9.17, 15) is 19.2 Å². The second-order valence-electron chi connectivity index (χ2n) is 7.81. The Balaban J connectivity index is 2.81. The smallest absolute Gasteiger partial charge is 0.328 e. The lowest BCUT2D eigenvalue weighted by atomic mass is 10.0. The summed E-state index contributed by atoms with van der Waals surface area (Å²) in [6, 6.07) is 4.72. The summed E-state index contributed by atoms with van der Waals surface area (Å²) in [5.74, 6) is -3.43. The molecule has 11 heteroatoms. The second kappa shape index (κ2) is 13.7. The van der Waals surface area contributed by atoms with Gasteiger partial charge in [0.2, 0.25) is 17.7 Å². The largest absolute Gasteiger partial charge is 0.480 e. The third-order valence-corrected chi connectivity index (χ3v) is 4.95. The number of nitrogens with one attached hydrogen (secondary N) is 3. The highest BCUT2D eigenvalue weighted by Crippen LogP contribution is 2.08. The van der Waals surface area contributed by atoms with Gasteiger partial charge in [0.25, 0.3) is 0 Å². The number of aliphatic hydroxyl groups excluding tert-OH is 1. The molecule has 4 atom stereocenters. The van der Waals surface area contributed by atoms with E-state index in [1.165, 1.54) is 0 Å². The van der Waals surface area contributed by atoms with Crippen LogP contribution < -0.4 is 21.7 Å². The van der Waals surface area contributed by atoms with Gasteiger partial charge in [-0.05, 0) is 24.3 Å². The van der Waals surface area contributed by atoms with E-state index in [0.29, 0.717) is 12.8 Å². The van der Waals surface area contributed by atoms with Gasteiger partial charge in [0.1, 0.15) is 18.1 Å². The van der Waals surface area contributed by atoms with Crippen molar-refractivity contribution in [3.8, 4) is 0 Å². The fraction of sp³-hybridized carbons (Fsp3) is 0.524. The predicted molar refractivity (Wildman–Crippen MR) is 122 cm³/mol. The summed E-state index contributed by atoms with van der Waals surface area (Å²) in [6.45, 7) is 2.94. The first-order valence-electron chi connectivity index (χ1n) is 10.2. The Morgan fingerprint density at radius 1 is 0.938 bits per heavy atom. The number of hydrogen-bond donors (Lipinski definition) is 7. The zero-order chi connectivity index (χ0) is 24.3. The number of carbonyl (C=O) groups excluding carboxylic acids is 3.